The number of aryl methyl sites for hydroxylation is 1. The first-order chi connectivity index (χ1) is 8.66. The average molecular weight is 249 g/mol. The Morgan fingerprint density at radius 3 is 2.78 bits per heavy atom. The molecule has 0 aromatic heterocycles. The van der Waals surface area contributed by atoms with E-state index >= 15 is 0 Å². The summed E-state index contributed by atoms with van der Waals surface area (Å²) in [6, 6.07) is 7.59. The third-order valence-corrected chi connectivity index (χ3v) is 3.28. The number of carboxylic acid groups (broad SMARTS) is 1. The molecule has 98 valence electrons. The SMILES string of the molecule is Cc1cccc(CC(C(=O)O)N2CCOCC2)c1. The van der Waals surface area contributed by atoms with Crippen LogP contribution in [0.15, 0.2) is 24.3 Å². The number of carboxylic acids is 1. The van der Waals surface area contributed by atoms with Gasteiger partial charge in [-0.3, -0.25) is 9.69 Å². The summed E-state index contributed by atoms with van der Waals surface area (Å²) in [7, 11) is 0. The topological polar surface area (TPSA) is 49.8 Å². The number of hydrogen-bond donors (Lipinski definition) is 1. The molecule has 0 amide bonds. The van der Waals surface area contributed by atoms with Crippen LogP contribution >= 0.6 is 0 Å². The Morgan fingerprint density at radius 1 is 1.44 bits per heavy atom. The standard InChI is InChI=1S/C14H19NO3/c1-11-3-2-4-12(9-11)10-13(14(16)17)15-5-7-18-8-6-15/h2-4,9,13H,5-8,10H2,1H3,(H,16,17). The molecule has 0 saturated carbocycles. The van der Waals surface area contributed by atoms with Crippen LogP contribution in [0, 0.1) is 6.92 Å². The number of aliphatic carboxylic acids is 1. The number of carbonyl (C=O) groups is 1. The number of rotatable bonds is 4. The summed E-state index contributed by atoms with van der Waals surface area (Å²) < 4.78 is 5.26. The van der Waals surface area contributed by atoms with Crippen LogP contribution in [0.3, 0.4) is 0 Å². The van der Waals surface area contributed by atoms with Crippen molar-refractivity contribution in [1.29, 1.82) is 0 Å². The van der Waals surface area contributed by atoms with E-state index in [0.717, 1.165) is 5.56 Å². The Hall–Kier alpha value is -1.39. The molecule has 2 rings (SSSR count). The van der Waals surface area contributed by atoms with Gasteiger partial charge in [0.05, 0.1) is 13.2 Å². The summed E-state index contributed by atoms with van der Waals surface area (Å²) in [6.07, 6.45) is 0.553. The predicted molar refractivity (Wildman–Crippen MR) is 68.7 cm³/mol. The molecule has 1 aromatic carbocycles. The van der Waals surface area contributed by atoms with Crippen molar-refractivity contribution in [3.63, 3.8) is 0 Å². The molecular formula is C14H19NO3. The smallest absolute Gasteiger partial charge is 0.321 e. The Labute approximate surface area is 107 Å². The van der Waals surface area contributed by atoms with E-state index in [-0.39, 0.29) is 0 Å². The van der Waals surface area contributed by atoms with Crippen molar-refractivity contribution in [3.8, 4) is 0 Å². The largest absolute Gasteiger partial charge is 0.480 e. The van der Waals surface area contributed by atoms with Gasteiger partial charge >= 0.3 is 5.97 Å². The zero-order valence-electron chi connectivity index (χ0n) is 10.6. The van der Waals surface area contributed by atoms with Crippen LogP contribution in [0.5, 0.6) is 0 Å². The molecule has 4 heteroatoms. The van der Waals surface area contributed by atoms with Crippen molar-refractivity contribution in [2.75, 3.05) is 26.3 Å². The van der Waals surface area contributed by atoms with Crippen LogP contribution in [0.25, 0.3) is 0 Å². The fourth-order valence-corrected chi connectivity index (χ4v) is 2.32. The van der Waals surface area contributed by atoms with E-state index in [9.17, 15) is 9.90 Å². The van der Waals surface area contributed by atoms with Crippen molar-refractivity contribution < 1.29 is 14.6 Å². The lowest BCUT2D eigenvalue weighted by Gasteiger charge is -2.32. The van der Waals surface area contributed by atoms with E-state index in [4.69, 9.17) is 4.74 Å². The fourth-order valence-electron chi connectivity index (χ4n) is 2.32. The molecule has 1 atom stereocenters. The highest BCUT2D eigenvalue weighted by molar-refractivity contribution is 5.74. The highest BCUT2D eigenvalue weighted by atomic mass is 16.5. The van der Waals surface area contributed by atoms with Gasteiger partial charge in [0.15, 0.2) is 0 Å². The zero-order valence-corrected chi connectivity index (χ0v) is 10.6. The van der Waals surface area contributed by atoms with Crippen LogP contribution in [-0.4, -0.2) is 48.3 Å². The van der Waals surface area contributed by atoms with Crippen LogP contribution in [-0.2, 0) is 16.0 Å². The van der Waals surface area contributed by atoms with E-state index in [1.54, 1.807) is 0 Å². The van der Waals surface area contributed by atoms with E-state index in [1.807, 2.05) is 30.0 Å². The predicted octanol–water partition coefficient (Wildman–Crippen LogP) is 1.32. The van der Waals surface area contributed by atoms with Crippen LogP contribution < -0.4 is 0 Å². The van der Waals surface area contributed by atoms with Gasteiger partial charge in [0.25, 0.3) is 0 Å². The Kier molecular flexibility index (Phi) is 4.33. The van der Waals surface area contributed by atoms with Crippen molar-refractivity contribution in [1.82, 2.24) is 4.90 Å². The second kappa shape index (κ2) is 5.98. The summed E-state index contributed by atoms with van der Waals surface area (Å²) in [6.45, 7) is 4.66. The fraction of sp³-hybridized carbons (Fsp3) is 0.500. The molecule has 1 N–H and O–H groups in total. The van der Waals surface area contributed by atoms with Gasteiger partial charge < -0.3 is 9.84 Å². The molecule has 0 radical (unpaired) electrons. The zero-order chi connectivity index (χ0) is 13.0. The Balaban J connectivity index is 2.08. The highest BCUT2D eigenvalue weighted by Crippen LogP contribution is 2.13. The maximum Gasteiger partial charge on any atom is 0.321 e. The van der Waals surface area contributed by atoms with Gasteiger partial charge in [0, 0.05) is 13.1 Å². The van der Waals surface area contributed by atoms with Gasteiger partial charge in [-0.05, 0) is 18.9 Å². The molecule has 18 heavy (non-hydrogen) atoms. The van der Waals surface area contributed by atoms with Gasteiger partial charge in [-0.25, -0.2) is 0 Å². The molecule has 4 nitrogen and oxygen atoms in total. The van der Waals surface area contributed by atoms with Crippen LogP contribution in [0.4, 0.5) is 0 Å². The minimum atomic E-state index is -0.751. The molecule has 0 aliphatic carbocycles. The van der Waals surface area contributed by atoms with E-state index in [2.05, 4.69) is 6.07 Å². The number of hydrogen-bond acceptors (Lipinski definition) is 3. The first kappa shape index (κ1) is 13.1. The summed E-state index contributed by atoms with van der Waals surface area (Å²) in [5.41, 5.74) is 2.24. The summed E-state index contributed by atoms with van der Waals surface area (Å²) in [4.78, 5) is 13.4. The first-order valence-electron chi connectivity index (χ1n) is 6.27. The lowest BCUT2D eigenvalue weighted by molar-refractivity contribution is -0.145. The highest BCUT2D eigenvalue weighted by Gasteiger charge is 2.27. The van der Waals surface area contributed by atoms with Gasteiger partial charge in [-0.15, -0.1) is 0 Å². The van der Waals surface area contributed by atoms with Gasteiger partial charge in [-0.1, -0.05) is 29.8 Å². The lowest BCUT2D eigenvalue weighted by Crippen LogP contribution is -2.48. The van der Waals surface area contributed by atoms with Crippen molar-refractivity contribution in [2.45, 2.75) is 19.4 Å². The normalized spacial score (nSPS) is 18.5. The molecule has 1 saturated heterocycles. The second-order valence-corrected chi connectivity index (χ2v) is 4.70. The van der Waals surface area contributed by atoms with E-state index in [0.29, 0.717) is 32.7 Å². The quantitative estimate of drug-likeness (QED) is 0.874. The number of benzene rings is 1. The third-order valence-electron chi connectivity index (χ3n) is 3.28. The molecule has 1 aliphatic rings. The molecule has 0 spiro atoms. The lowest BCUT2D eigenvalue weighted by atomic mass is 10.0. The Bertz CT molecular complexity index is 413. The van der Waals surface area contributed by atoms with E-state index in [1.165, 1.54) is 5.56 Å². The van der Waals surface area contributed by atoms with Crippen LogP contribution in [0.1, 0.15) is 11.1 Å². The van der Waals surface area contributed by atoms with Gasteiger partial charge in [0.1, 0.15) is 6.04 Å². The summed E-state index contributed by atoms with van der Waals surface area (Å²) >= 11 is 0. The summed E-state index contributed by atoms with van der Waals surface area (Å²) in [5, 5.41) is 9.37. The maximum absolute atomic E-state index is 11.4. The van der Waals surface area contributed by atoms with Crippen molar-refractivity contribution >= 4 is 5.97 Å². The summed E-state index contributed by atoms with van der Waals surface area (Å²) in [5.74, 6) is -0.751. The minimum Gasteiger partial charge on any atom is -0.480 e. The molecule has 1 unspecified atom stereocenters. The number of ether oxygens (including phenoxy) is 1. The van der Waals surface area contributed by atoms with Crippen LogP contribution in [0.2, 0.25) is 0 Å². The second-order valence-electron chi connectivity index (χ2n) is 4.70. The number of nitrogens with zero attached hydrogens (tertiary/aromatic N) is 1. The maximum atomic E-state index is 11.4. The van der Waals surface area contributed by atoms with Crippen molar-refractivity contribution in [2.24, 2.45) is 0 Å². The van der Waals surface area contributed by atoms with Crippen molar-refractivity contribution in [3.05, 3.63) is 35.4 Å². The molecule has 1 heterocycles. The first-order valence-corrected chi connectivity index (χ1v) is 6.27. The molecule has 1 fully saturated rings. The third kappa shape index (κ3) is 3.31. The van der Waals surface area contributed by atoms with Gasteiger partial charge in [0.2, 0.25) is 0 Å². The Morgan fingerprint density at radius 2 is 2.17 bits per heavy atom. The molecular weight excluding hydrogens is 230 g/mol. The minimum absolute atomic E-state index is 0.448. The number of morpholine rings is 1. The van der Waals surface area contributed by atoms with E-state index < -0.39 is 12.0 Å². The molecule has 1 aliphatic heterocycles. The molecule has 0 bridgehead atoms. The van der Waals surface area contributed by atoms with Gasteiger partial charge in [-0.2, -0.15) is 0 Å². The average Bonchev–Trinajstić information content (AvgIpc) is 2.37. The monoisotopic (exact) mass is 249 g/mol. The molecule has 1 aromatic rings.